The van der Waals surface area contributed by atoms with Gasteiger partial charge >= 0.3 is 0 Å². The Bertz CT molecular complexity index is 730. The highest BCUT2D eigenvalue weighted by Crippen LogP contribution is 2.26. The number of pyridine rings is 1. The van der Waals surface area contributed by atoms with Crippen LogP contribution in [0.1, 0.15) is 55.0 Å². The van der Waals surface area contributed by atoms with E-state index in [4.69, 9.17) is 0 Å². The Balaban J connectivity index is 2.02. The van der Waals surface area contributed by atoms with E-state index in [-0.39, 0.29) is 5.82 Å². The van der Waals surface area contributed by atoms with Crippen molar-refractivity contribution in [1.82, 2.24) is 4.98 Å². The molecule has 0 bridgehead atoms. The lowest BCUT2D eigenvalue weighted by Crippen LogP contribution is -1.95. The SMILES string of the molecule is C=C(CCC(=C)c1ncccc1F)c1ccc(C)c(CCCC)c1. The molecule has 0 aliphatic rings. The second kappa shape index (κ2) is 8.58. The molecule has 2 heteroatoms. The third-order valence-electron chi connectivity index (χ3n) is 4.38. The van der Waals surface area contributed by atoms with Crippen LogP contribution in [0.25, 0.3) is 11.1 Å². The van der Waals surface area contributed by atoms with Gasteiger partial charge in [0.15, 0.2) is 0 Å². The normalized spacial score (nSPS) is 10.6. The average molecular weight is 323 g/mol. The number of benzene rings is 1. The van der Waals surface area contributed by atoms with E-state index in [1.165, 1.54) is 35.6 Å². The number of unbranched alkanes of at least 4 members (excludes halogenated alkanes) is 1. The number of aryl methyl sites for hydroxylation is 2. The Morgan fingerprint density at radius 1 is 1.12 bits per heavy atom. The first-order chi connectivity index (χ1) is 11.5. The van der Waals surface area contributed by atoms with Crippen LogP contribution in [0.5, 0.6) is 0 Å². The molecule has 0 amide bonds. The van der Waals surface area contributed by atoms with Gasteiger partial charge in [-0.15, -0.1) is 0 Å². The van der Waals surface area contributed by atoms with E-state index >= 15 is 0 Å². The maximum Gasteiger partial charge on any atom is 0.149 e. The van der Waals surface area contributed by atoms with Crippen molar-refractivity contribution < 1.29 is 4.39 Å². The van der Waals surface area contributed by atoms with Crippen molar-refractivity contribution in [2.45, 2.75) is 46.0 Å². The average Bonchev–Trinajstić information content (AvgIpc) is 2.59. The van der Waals surface area contributed by atoms with Crippen LogP contribution in [0.3, 0.4) is 0 Å². The van der Waals surface area contributed by atoms with Gasteiger partial charge in [0, 0.05) is 6.20 Å². The monoisotopic (exact) mass is 323 g/mol. The molecule has 24 heavy (non-hydrogen) atoms. The first-order valence-corrected chi connectivity index (χ1v) is 8.59. The van der Waals surface area contributed by atoms with Crippen LogP contribution in [0, 0.1) is 12.7 Å². The van der Waals surface area contributed by atoms with E-state index < -0.39 is 0 Å². The fourth-order valence-corrected chi connectivity index (χ4v) is 2.74. The van der Waals surface area contributed by atoms with Crippen molar-refractivity contribution >= 4 is 11.1 Å². The number of aromatic nitrogens is 1. The summed E-state index contributed by atoms with van der Waals surface area (Å²) in [5.74, 6) is -0.315. The van der Waals surface area contributed by atoms with Crippen molar-refractivity contribution in [2.24, 2.45) is 0 Å². The minimum Gasteiger partial charge on any atom is -0.254 e. The third kappa shape index (κ3) is 4.64. The van der Waals surface area contributed by atoms with Crippen LogP contribution in [0.15, 0.2) is 49.7 Å². The summed E-state index contributed by atoms with van der Waals surface area (Å²) in [4.78, 5) is 4.08. The Morgan fingerprint density at radius 2 is 1.88 bits per heavy atom. The molecule has 0 aliphatic carbocycles. The van der Waals surface area contributed by atoms with Gasteiger partial charge in [0.25, 0.3) is 0 Å². The standard InChI is InChI=1S/C22H26FN/c1-5-6-8-19-15-20(13-12-17(19)3)16(2)10-11-18(4)22-21(23)9-7-14-24-22/h7,9,12-15H,2,4-6,8,10-11H2,1,3H3. The van der Waals surface area contributed by atoms with E-state index in [0.717, 1.165) is 18.4 Å². The predicted octanol–water partition coefficient (Wildman–Crippen LogP) is 6.38. The zero-order valence-electron chi connectivity index (χ0n) is 14.7. The van der Waals surface area contributed by atoms with Crippen LogP contribution in [0.4, 0.5) is 4.39 Å². The molecule has 0 fully saturated rings. The molecular formula is C22H26FN. The summed E-state index contributed by atoms with van der Waals surface area (Å²) >= 11 is 0. The largest absolute Gasteiger partial charge is 0.254 e. The van der Waals surface area contributed by atoms with Crippen LogP contribution in [0.2, 0.25) is 0 Å². The van der Waals surface area contributed by atoms with Gasteiger partial charge < -0.3 is 0 Å². The fourth-order valence-electron chi connectivity index (χ4n) is 2.74. The van der Waals surface area contributed by atoms with Gasteiger partial charge in [-0.05, 0) is 72.6 Å². The number of hydrogen-bond acceptors (Lipinski definition) is 1. The lowest BCUT2D eigenvalue weighted by Gasteiger charge is -2.12. The maximum atomic E-state index is 13.8. The van der Waals surface area contributed by atoms with E-state index in [1.54, 1.807) is 12.3 Å². The number of allylic oxidation sites excluding steroid dienone is 2. The molecule has 0 unspecified atom stereocenters. The summed E-state index contributed by atoms with van der Waals surface area (Å²) in [5, 5.41) is 0. The summed E-state index contributed by atoms with van der Waals surface area (Å²) < 4.78 is 13.8. The van der Waals surface area contributed by atoms with Crippen LogP contribution in [-0.4, -0.2) is 4.98 Å². The Hall–Kier alpha value is -2.22. The van der Waals surface area contributed by atoms with E-state index in [9.17, 15) is 4.39 Å². The van der Waals surface area contributed by atoms with Gasteiger partial charge in [-0.2, -0.15) is 0 Å². The van der Waals surface area contributed by atoms with Gasteiger partial charge in [0.05, 0.1) is 0 Å². The molecule has 1 aromatic carbocycles. The molecule has 1 aromatic heterocycles. The molecule has 2 aromatic rings. The summed E-state index contributed by atoms with van der Waals surface area (Å²) in [6.45, 7) is 12.6. The molecular weight excluding hydrogens is 297 g/mol. The fraction of sp³-hybridized carbons (Fsp3) is 0.318. The summed E-state index contributed by atoms with van der Waals surface area (Å²) in [6.07, 6.45) is 6.51. The highest BCUT2D eigenvalue weighted by Gasteiger charge is 2.09. The third-order valence-corrected chi connectivity index (χ3v) is 4.38. The van der Waals surface area contributed by atoms with Gasteiger partial charge in [-0.3, -0.25) is 4.98 Å². The Morgan fingerprint density at radius 3 is 2.58 bits per heavy atom. The smallest absolute Gasteiger partial charge is 0.149 e. The molecule has 0 spiro atoms. The van der Waals surface area contributed by atoms with Gasteiger partial charge in [-0.25, -0.2) is 4.39 Å². The number of hydrogen-bond donors (Lipinski definition) is 0. The number of rotatable bonds is 8. The molecule has 1 nitrogen and oxygen atoms in total. The van der Waals surface area contributed by atoms with Gasteiger partial charge in [0.1, 0.15) is 11.5 Å². The summed E-state index contributed by atoms with van der Waals surface area (Å²) in [6, 6.07) is 9.55. The topological polar surface area (TPSA) is 12.9 Å². The lowest BCUT2D eigenvalue weighted by molar-refractivity contribution is 0.615. The Labute approximate surface area is 145 Å². The second-order valence-electron chi connectivity index (χ2n) is 6.29. The van der Waals surface area contributed by atoms with Gasteiger partial charge in [-0.1, -0.05) is 44.7 Å². The van der Waals surface area contributed by atoms with E-state index in [1.807, 2.05) is 0 Å². The van der Waals surface area contributed by atoms with Crippen molar-refractivity contribution in [2.75, 3.05) is 0 Å². The van der Waals surface area contributed by atoms with E-state index in [2.05, 4.69) is 50.2 Å². The minimum atomic E-state index is -0.315. The first kappa shape index (κ1) is 18.1. The minimum absolute atomic E-state index is 0.315. The maximum absolute atomic E-state index is 13.8. The van der Waals surface area contributed by atoms with Crippen molar-refractivity contribution in [3.63, 3.8) is 0 Å². The lowest BCUT2D eigenvalue weighted by atomic mass is 9.94. The number of nitrogens with zero attached hydrogens (tertiary/aromatic N) is 1. The quantitative estimate of drug-likeness (QED) is 0.549. The summed E-state index contributed by atoms with van der Waals surface area (Å²) in [5.41, 5.74) is 6.03. The number of halogens is 1. The molecule has 126 valence electrons. The molecule has 2 rings (SSSR count). The van der Waals surface area contributed by atoms with Crippen LogP contribution < -0.4 is 0 Å². The molecule has 0 radical (unpaired) electrons. The molecule has 0 atom stereocenters. The van der Waals surface area contributed by atoms with Crippen molar-refractivity contribution in [1.29, 1.82) is 0 Å². The zero-order chi connectivity index (χ0) is 17.5. The molecule has 0 saturated carbocycles. The molecule has 1 heterocycles. The van der Waals surface area contributed by atoms with Crippen molar-refractivity contribution in [3.8, 4) is 0 Å². The summed E-state index contributed by atoms with van der Waals surface area (Å²) in [7, 11) is 0. The first-order valence-electron chi connectivity index (χ1n) is 8.59. The molecule has 0 saturated heterocycles. The van der Waals surface area contributed by atoms with E-state index in [0.29, 0.717) is 17.7 Å². The predicted molar refractivity (Wildman–Crippen MR) is 101 cm³/mol. The van der Waals surface area contributed by atoms with Crippen molar-refractivity contribution in [3.05, 3.63) is 77.9 Å². The molecule has 0 N–H and O–H groups in total. The highest BCUT2D eigenvalue weighted by molar-refractivity contribution is 5.68. The van der Waals surface area contributed by atoms with Crippen LogP contribution in [-0.2, 0) is 6.42 Å². The Kier molecular flexibility index (Phi) is 6.48. The van der Waals surface area contributed by atoms with Crippen LogP contribution >= 0.6 is 0 Å². The second-order valence-corrected chi connectivity index (χ2v) is 6.29. The molecule has 0 aliphatic heterocycles. The zero-order valence-corrected chi connectivity index (χ0v) is 14.7. The highest BCUT2D eigenvalue weighted by atomic mass is 19.1. The van der Waals surface area contributed by atoms with Gasteiger partial charge in [0.2, 0.25) is 0 Å².